The molecule has 2 aromatic carbocycles. The van der Waals surface area contributed by atoms with Gasteiger partial charge in [-0.1, -0.05) is 36.8 Å². The molecular formula is C26H37FN4O4S. The number of benzene rings is 2. The van der Waals surface area contributed by atoms with Crippen LogP contribution < -0.4 is 9.62 Å². The van der Waals surface area contributed by atoms with Crippen molar-refractivity contribution < 1.29 is 22.4 Å². The maximum atomic E-state index is 13.8. The van der Waals surface area contributed by atoms with E-state index in [9.17, 15) is 22.4 Å². The Kier molecular flexibility index (Phi) is 9.62. The number of halogens is 1. The van der Waals surface area contributed by atoms with E-state index in [2.05, 4.69) is 5.32 Å². The van der Waals surface area contributed by atoms with Crippen LogP contribution in [0.1, 0.15) is 45.2 Å². The van der Waals surface area contributed by atoms with Crippen molar-refractivity contribution in [2.45, 2.75) is 59.2 Å². The Morgan fingerprint density at radius 2 is 1.56 bits per heavy atom. The Hall–Kier alpha value is -2.98. The molecule has 0 aromatic heterocycles. The van der Waals surface area contributed by atoms with Gasteiger partial charge in [-0.2, -0.15) is 12.7 Å². The summed E-state index contributed by atoms with van der Waals surface area (Å²) in [4.78, 5) is 28.4. The number of carbonyl (C=O) groups excluding carboxylic acids is 2. The molecular weight excluding hydrogens is 483 g/mol. The van der Waals surface area contributed by atoms with E-state index in [1.165, 1.54) is 31.1 Å². The molecule has 198 valence electrons. The fraction of sp³-hybridized carbons (Fsp3) is 0.462. The highest BCUT2D eigenvalue weighted by Crippen LogP contribution is 2.22. The quantitative estimate of drug-likeness (QED) is 0.520. The zero-order chi connectivity index (χ0) is 27.3. The first-order chi connectivity index (χ1) is 16.7. The maximum Gasteiger partial charge on any atom is 0.304 e. The fourth-order valence-corrected chi connectivity index (χ4v) is 4.64. The summed E-state index contributed by atoms with van der Waals surface area (Å²) in [6.45, 7) is 8.87. The van der Waals surface area contributed by atoms with E-state index in [0.717, 1.165) is 31.9 Å². The van der Waals surface area contributed by atoms with Gasteiger partial charge in [-0.25, -0.2) is 8.70 Å². The molecule has 0 bridgehead atoms. The molecule has 0 saturated carbocycles. The second-order valence-corrected chi connectivity index (χ2v) is 12.0. The molecule has 0 saturated heterocycles. The average Bonchev–Trinajstić information content (AvgIpc) is 2.77. The molecule has 0 aliphatic carbocycles. The Labute approximate surface area is 214 Å². The number of nitrogens with one attached hydrogen (secondary N) is 1. The lowest BCUT2D eigenvalue weighted by Crippen LogP contribution is -2.55. The normalized spacial score (nSPS) is 12.8. The first-order valence-corrected chi connectivity index (χ1v) is 13.2. The molecule has 36 heavy (non-hydrogen) atoms. The molecule has 0 radical (unpaired) electrons. The molecule has 1 atom stereocenters. The van der Waals surface area contributed by atoms with E-state index in [-0.39, 0.29) is 18.1 Å². The molecule has 0 spiro atoms. The van der Waals surface area contributed by atoms with Gasteiger partial charge in [-0.15, -0.1) is 0 Å². The van der Waals surface area contributed by atoms with Crippen molar-refractivity contribution >= 4 is 27.7 Å². The summed E-state index contributed by atoms with van der Waals surface area (Å²) >= 11 is 0. The topological polar surface area (TPSA) is 90.0 Å². The minimum Gasteiger partial charge on any atom is -0.350 e. The number of anilines is 1. The Morgan fingerprint density at radius 3 is 2.03 bits per heavy atom. The van der Waals surface area contributed by atoms with Gasteiger partial charge in [0.2, 0.25) is 11.8 Å². The van der Waals surface area contributed by atoms with Crippen LogP contribution in [0, 0.1) is 12.7 Å². The van der Waals surface area contributed by atoms with Gasteiger partial charge >= 0.3 is 10.2 Å². The molecule has 10 heteroatoms. The van der Waals surface area contributed by atoms with Gasteiger partial charge < -0.3 is 10.2 Å². The molecule has 0 fully saturated rings. The molecule has 0 unspecified atom stereocenters. The summed E-state index contributed by atoms with van der Waals surface area (Å²) in [7, 11) is -1.39. The van der Waals surface area contributed by atoms with E-state index in [4.69, 9.17) is 0 Å². The van der Waals surface area contributed by atoms with Crippen molar-refractivity contribution in [3.8, 4) is 0 Å². The number of carbonyl (C=O) groups is 2. The van der Waals surface area contributed by atoms with Crippen LogP contribution >= 0.6 is 0 Å². The molecule has 0 aliphatic rings. The van der Waals surface area contributed by atoms with Crippen molar-refractivity contribution in [1.29, 1.82) is 0 Å². The summed E-state index contributed by atoms with van der Waals surface area (Å²) in [6.07, 6.45) is 0.330. The van der Waals surface area contributed by atoms with Crippen molar-refractivity contribution in [3.63, 3.8) is 0 Å². The number of hydrogen-bond donors (Lipinski definition) is 1. The summed E-state index contributed by atoms with van der Waals surface area (Å²) in [5, 5.41) is 2.93. The lowest BCUT2D eigenvalue weighted by atomic mass is 10.1. The number of hydrogen-bond acceptors (Lipinski definition) is 4. The second kappa shape index (κ2) is 11.8. The van der Waals surface area contributed by atoms with E-state index in [1.54, 1.807) is 6.92 Å². The third-order valence-corrected chi connectivity index (χ3v) is 7.31. The first-order valence-electron chi connectivity index (χ1n) is 11.8. The third-order valence-electron chi connectivity index (χ3n) is 5.49. The predicted molar refractivity (Wildman–Crippen MR) is 140 cm³/mol. The van der Waals surface area contributed by atoms with Crippen LogP contribution in [0.25, 0.3) is 0 Å². The monoisotopic (exact) mass is 520 g/mol. The predicted octanol–water partition coefficient (Wildman–Crippen LogP) is 3.47. The largest absolute Gasteiger partial charge is 0.350 e. The van der Waals surface area contributed by atoms with Gasteiger partial charge in [0.05, 0.1) is 5.69 Å². The third kappa shape index (κ3) is 7.76. The number of aryl methyl sites for hydroxylation is 1. The molecule has 8 nitrogen and oxygen atoms in total. The van der Waals surface area contributed by atoms with Gasteiger partial charge in [0, 0.05) is 26.2 Å². The summed E-state index contributed by atoms with van der Waals surface area (Å²) in [5.41, 5.74) is 1.48. The van der Waals surface area contributed by atoms with E-state index in [0.29, 0.717) is 6.42 Å². The molecule has 2 amide bonds. The molecule has 2 rings (SSSR count). The van der Waals surface area contributed by atoms with Gasteiger partial charge in [0.25, 0.3) is 0 Å². The van der Waals surface area contributed by atoms with Crippen LogP contribution in [-0.2, 0) is 26.3 Å². The zero-order valence-electron chi connectivity index (χ0n) is 22.1. The van der Waals surface area contributed by atoms with Crippen LogP contribution in [0.4, 0.5) is 10.1 Å². The number of nitrogens with zero attached hydrogens (tertiary/aromatic N) is 3. The van der Waals surface area contributed by atoms with Gasteiger partial charge in [-0.3, -0.25) is 9.59 Å². The Bertz CT molecular complexity index is 1140. The lowest BCUT2D eigenvalue weighted by Gasteiger charge is -2.35. The van der Waals surface area contributed by atoms with Crippen molar-refractivity contribution in [1.82, 2.24) is 14.5 Å². The van der Waals surface area contributed by atoms with Crippen molar-refractivity contribution in [2.24, 2.45) is 0 Å². The highest BCUT2D eigenvalue weighted by molar-refractivity contribution is 7.90. The lowest BCUT2D eigenvalue weighted by molar-refractivity contribution is -0.141. The van der Waals surface area contributed by atoms with Gasteiger partial charge in [-0.05, 0) is 63.9 Å². The zero-order valence-corrected chi connectivity index (χ0v) is 22.9. The summed E-state index contributed by atoms with van der Waals surface area (Å²) in [6, 6.07) is 11.6. The second-order valence-electron chi connectivity index (χ2n) is 9.94. The molecule has 0 aliphatic heterocycles. The Balaban J connectivity index is 2.50. The number of rotatable bonds is 10. The SMILES string of the molecule is CC[C@H](C(=O)NC(C)(C)C)N(Cc1ccc(C)cc1)C(=O)CN(c1ccc(F)cc1)S(=O)(=O)N(C)C. The van der Waals surface area contributed by atoms with E-state index >= 15 is 0 Å². The minimum atomic E-state index is -4.10. The average molecular weight is 521 g/mol. The molecule has 0 heterocycles. The van der Waals surface area contributed by atoms with Gasteiger partial charge in [0.15, 0.2) is 0 Å². The molecule has 2 aromatic rings. The van der Waals surface area contributed by atoms with Gasteiger partial charge in [0.1, 0.15) is 18.4 Å². The number of amides is 2. The standard InChI is InChI=1S/C26H37FN4O4S/c1-8-23(25(33)28-26(3,4)5)30(17-20-11-9-19(2)10-12-20)24(32)18-31(36(34,35)29(6)7)22-15-13-21(27)14-16-22/h9-16,23H,8,17-18H2,1-7H3,(H,28,33)/t23-/m1/s1. The highest BCUT2D eigenvalue weighted by atomic mass is 32.2. The summed E-state index contributed by atoms with van der Waals surface area (Å²) in [5.74, 6) is -1.41. The van der Waals surface area contributed by atoms with Crippen LogP contribution in [0.5, 0.6) is 0 Å². The van der Waals surface area contributed by atoms with Crippen molar-refractivity contribution in [3.05, 3.63) is 65.5 Å². The molecule has 1 N–H and O–H groups in total. The summed E-state index contributed by atoms with van der Waals surface area (Å²) < 4.78 is 41.7. The van der Waals surface area contributed by atoms with Crippen LogP contribution in [0.2, 0.25) is 0 Å². The smallest absolute Gasteiger partial charge is 0.304 e. The fourth-order valence-electron chi connectivity index (χ4n) is 3.59. The first kappa shape index (κ1) is 29.3. The van der Waals surface area contributed by atoms with E-state index < -0.39 is 40.1 Å². The van der Waals surface area contributed by atoms with Crippen LogP contribution in [0.15, 0.2) is 48.5 Å². The maximum absolute atomic E-state index is 13.8. The minimum absolute atomic E-state index is 0.119. The van der Waals surface area contributed by atoms with Crippen LogP contribution in [0.3, 0.4) is 0 Å². The van der Waals surface area contributed by atoms with E-state index in [1.807, 2.05) is 52.0 Å². The highest BCUT2D eigenvalue weighted by Gasteiger charge is 2.34. The Morgan fingerprint density at radius 1 is 1.00 bits per heavy atom. The van der Waals surface area contributed by atoms with Crippen molar-refractivity contribution in [2.75, 3.05) is 24.9 Å². The van der Waals surface area contributed by atoms with Crippen LogP contribution in [-0.4, -0.2) is 61.7 Å².